The zero-order chi connectivity index (χ0) is 22.0. The van der Waals surface area contributed by atoms with Gasteiger partial charge in [-0.15, -0.1) is 0 Å². The molecule has 2 heterocycles. The predicted molar refractivity (Wildman–Crippen MR) is 125 cm³/mol. The highest BCUT2D eigenvalue weighted by molar-refractivity contribution is 5.58. The molecule has 0 aliphatic carbocycles. The zero-order valence-electron chi connectivity index (χ0n) is 19.0. The van der Waals surface area contributed by atoms with E-state index >= 15 is 0 Å². The lowest BCUT2D eigenvalue weighted by Crippen LogP contribution is -2.24. The van der Waals surface area contributed by atoms with Gasteiger partial charge in [-0.3, -0.25) is 9.89 Å². The second-order valence-corrected chi connectivity index (χ2v) is 8.04. The second-order valence-electron chi connectivity index (χ2n) is 8.04. The molecule has 0 radical (unpaired) electrons. The first-order chi connectivity index (χ1) is 14.3. The van der Waals surface area contributed by atoms with Crippen molar-refractivity contribution in [3.63, 3.8) is 0 Å². The number of nitrogens with zero attached hydrogens (tertiary/aromatic N) is 4. The van der Waals surface area contributed by atoms with Gasteiger partial charge in [0.1, 0.15) is 5.36 Å². The maximum Gasteiger partial charge on any atom is 0.276 e. The normalized spacial score (nSPS) is 12.3. The average Bonchev–Trinajstić information content (AvgIpc) is 3.02. The van der Waals surface area contributed by atoms with E-state index < -0.39 is 0 Å². The van der Waals surface area contributed by atoms with Gasteiger partial charge in [0, 0.05) is 24.3 Å². The summed E-state index contributed by atoms with van der Waals surface area (Å²) in [7, 11) is 0. The summed E-state index contributed by atoms with van der Waals surface area (Å²) >= 11 is 0. The fraction of sp³-hybridized carbons (Fsp3) is 0.458. The Labute approximate surface area is 178 Å². The molecule has 2 aromatic heterocycles. The number of aromatic nitrogens is 3. The van der Waals surface area contributed by atoms with Gasteiger partial charge in [0.05, 0.1) is 16.7 Å². The maximum atomic E-state index is 13.1. The summed E-state index contributed by atoms with van der Waals surface area (Å²) in [6.45, 7) is 18.6. The van der Waals surface area contributed by atoms with Crippen LogP contribution >= 0.6 is 0 Å². The molecule has 3 rings (SSSR count). The SMILES string of the molecule is C=c1[nH]n2c(=O)c(CCC)c(C(C)C)nc2c1=Nc1ccc(N(CC)CC)cc1C. The van der Waals surface area contributed by atoms with E-state index in [1.807, 2.05) is 6.07 Å². The van der Waals surface area contributed by atoms with E-state index in [1.54, 1.807) is 0 Å². The molecule has 30 heavy (non-hydrogen) atoms. The molecule has 3 aromatic rings. The van der Waals surface area contributed by atoms with Gasteiger partial charge in [0.15, 0.2) is 5.65 Å². The van der Waals surface area contributed by atoms with Crippen molar-refractivity contribution in [2.75, 3.05) is 18.0 Å². The van der Waals surface area contributed by atoms with Crippen LogP contribution < -0.4 is 21.2 Å². The zero-order valence-corrected chi connectivity index (χ0v) is 19.0. The van der Waals surface area contributed by atoms with Gasteiger partial charge < -0.3 is 4.90 Å². The van der Waals surface area contributed by atoms with Crippen LogP contribution in [0.4, 0.5) is 11.4 Å². The Morgan fingerprint density at radius 3 is 2.50 bits per heavy atom. The number of aromatic amines is 1. The molecule has 1 N–H and O–H groups in total. The fourth-order valence-corrected chi connectivity index (χ4v) is 3.91. The Balaban J connectivity index is 2.24. The highest BCUT2D eigenvalue weighted by atomic mass is 16.1. The van der Waals surface area contributed by atoms with E-state index in [2.05, 4.69) is 70.3 Å². The highest BCUT2D eigenvalue weighted by Gasteiger charge is 2.17. The van der Waals surface area contributed by atoms with Crippen LogP contribution in [0.25, 0.3) is 12.2 Å². The van der Waals surface area contributed by atoms with E-state index in [-0.39, 0.29) is 11.5 Å². The predicted octanol–water partition coefficient (Wildman–Crippen LogP) is 3.61. The first kappa shape index (κ1) is 21.8. The van der Waals surface area contributed by atoms with Crippen molar-refractivity contribution in [3.05, 3.63) is 56.1 Å². The molecule has 0 fully saturated rings. The van der Waals surface area contributed by atoms with Gasteiger partial charge >= 0.3 is 0 Å². The lowest BCUT2D eigenvalue weighted by Gasteiger charge is -2.21. The van der Waals surface area contributed by atoms with Crippen LogP contribution in [0.5, 0.6) is 0 Å². The molecule has 0 aliphatic heterocycles. The summed E-state index contributed by atoms with van der Waals surface area (Å²) in [4.78, 5) is 25.2. The topological polar surface area (TPSA) is 65.8 Å². The van der Waals surface area contributed by atoms with Gasteiger partial charge in [-0.05, 0) is 56.9 Å². The molecule has 6 nitrogen and oxygen atoms in total. The van der Waals surface area contributed by atoms with Crippen LogP contribution in [0.2, 0.25) is 0 Å². The highest BCUT2D eigenvalue weighted by Crippen LogP contribution is 2.24. The van der Waals surface area contributed by atoms with Gasteiger partial charge in [-0.1, -0.05) is 33.8 Å². The molecular weight excluding hydrogens is 374 g/mol. The molecule has 0 amide bonds. The molecule has 6 heteroatoms. The van der Waals surface area contributed by atoms with E-state index in [0.717, 1.165) is 42.0 Å². The number of nitrogens with one attached hydrogen (secondary N) is 1. The van der Waals surface area contributed by atoms with Gasteiger partial charge in [0.2, 0.25) is 0 Å². The van der Waals surface area contributed by atoms with Crippen molar-refractivity contribution in [3.8, 4) is 0 Å². The summed E-state index contributed by atoms with van der Waals surface area (Å²) < 4.78 is 1.50. The van der Waals surface area contributed by atoms with Crippen molar-refractivity contribution in [2.24, 2.45) is 4.99 Å². The van der Waals surface area contributed by atoms with Crippen molar-refractivity contribution in [2.45, 2.75) is 60.3 Å². The summed E-state index contributed by atoms with van der Waals surface area (Å²) in [5, 5.41) is 4.29. The number of fused-ring (bicyclic) bond motifs is 1. The number of hydrogen-bond donors (Lipinski definition) is 1. The van der Waals surface area contributed by atoms with E-state index in [9.17, 15) is 4.79 Å². The lowest BCUT2D eigenvalue weighted by molar-refractivity contribution is 0.745. The third kappa shape index (κ3) is 3.91. The number of anilines is 1. The molecule has 0 aliphatic rings. The van der Waals surface area contributed by atoms with Crippen LogP contribution in [0.3, 0.4) is 0 Å². The molecule has 0 bridgehead atoms. The summed E-state index contributed by atoms with van der Waals surface area (Å²) in [5.74, 6) is 0.162. The molecule has 0 saturated carbocycles. The molecule has 160 valence electrons. The summed E-state index contributed by atoms with van der Waals surface area (Å²) in [6, 6.07) is 6.27. The Kier molecular flexibility index (Phi) is 6.44. The number of rotatable bonds is 7. The largest absolute Gasteiger partial charge is 0.372 e. The summed E-state index contributed by atoms with van der Waals surface area (Å²) in [6.07, 6.45) is 1.61. The molecule has 0 spiro atoms. The molecule has 1 aromatic carbocycles. The number of benzene rings is 1. The first-order valence-electron chi connectivity index (χ1n) is 10.9. The lowest BCUT2D eigenvalue weighted by atomic mass is 10.0. The number of H-pyrrole nitrogens is 1. The van der Waals surface area contributed by atoms with Crippen LogP contribution in [0.1, 0.15) is 63.8 Å². The Morgan fingerprint density at radius 1 is 1.23 bits per heavy atom. The van der Waals surface area contributed by atoms with E-state index in [4.69, 9.17) is 9.98 Å². The van der Waals surface area contributed by atoms with Crippen LogP contribution in [0, 0.1) is 6.92 Å². The Bertz CT molecular complexity index is 1220. The van der Waals surface area contributed by atoms with Crippen molar-refractivity contribution in [1.29, 1.82) is 0 Å². The number of aryl methyl sites for hydroxylation is 1. The third-order valence-electron chi connectivity index (χ3n) is 5.54. The van der Waals surface area contributed by atoms with E-state index in [0.29, 0.717) is 22.8 Å². The van der Waals surface area contributed by atoms with Gasteiger partial charge in [0.25, 0.3) is 5.56 Å². The number of hydrogen-bond acceptors (Lipinski definition) is 4. The first-order valence-corrected chi connectivity index (χ1v) is 10.9. The molecule has 0 atom stereocenters. The monoisotopic (exact) mass is 407 g/mol. The molecular formula is C24H33N5O. The van der Waals surface area contributed by atoms with Gasteiger partial charge in [-0.25, -0.2) is 9.98 Å². The minimum Gasteiger partial charge on any atom is -0.372 e. The van der Waals surface area contributed by atoms with Crippen LogP contribution in [-0.2, 0) is 6.42 Å². The second kappa shape index (κ2) is 8.86. The van der Waals surface area contributed by atoms with E-state index in [1.165, 1.54) is 10.2 Å². The molecule has 0 saturated heterocycles. The fourth-order valence-electron chi connectivity index (χ4n) is 3.91. The Hall–Kier alpha value is -2.89. The minimum absolute atomic E-state index is 0.0505. The summed E-state index contributed by atoms with van der Waals surface area (Å²) in [5.41, 5.74) is 5.24. The third-order valence-corrected chi connectivity index (χ3v) is 5.54. The van der Waals surface area contributed by atoms with Crippen LogP contribution in [0.15, 0.2) is 28.0 Å². The maximum absolute atomic E-state index is 13.1. The van der Waals surface area contributed by atoms with Crippen LogP contribution in [-0.4, -0.2) is 27.7 Å². The average molecular weight is 408 g/mol. The molecule has 0 unspecified atom stereocenters. The Morgan fingerprint density at radius 2 is 1.93 bits per heavy atom. The van der Waals surface area contributed by atoms with Crippen molar-refractivity contribution >= 4 is 23.6 Å². The van der Waals surface area contributed by atoms with Gasteiger partial charge in [-0.2, -0.15) is 4.52 Å². The van der Waals surface area contributed by atoms with Crippen molar-refractivity contribution < 1.29 is 0 Å². The standard InChI is InChI=1S/C24H33N5O/c1-8-11-19-21(15(4)5)26-23-22(17(7)27-29(23)24(19)30)25-20-13-12-18(14-16(20)6)28(9-2)10-3/h12-15,27H,7-11H2,1-6H3. The minimum atomic E-state index is -0.0505. The van der Waals surface area contributed by atoms with Crippen molar-refractivity contribution in [1.82, 2.24) is 14.6 Å². The quantitative estimate of drug-likeness (QED) is 0.651. The smallest absolute Gasteiger partial charge is 0.276 e.